The van der Waals surface area contributed by atoms with Gasteiger partial charge >= 0.3 is 0 Å². The molecular weight excluding hydrogens is 324 g/mol. The molecule has 1 saturated heterocycles. The zero-order valence-electron chi connectivity index (χ0n) is 13.2. The molecule has 3 aliphatic rings. The van der Waals surface area contributed by atoms with Gasteiger partial charge in [0.1, 0.15) is 17.0 Å². The van der Waals surface area contributed by atoms with Crippen LogP contribution in [0.5, 0.6) is 5.75 Å². The molecule has 0 unspecified atom stereocenters. The van der Waals surface area contributed by atoms with E-state index in [9.17, 15) is 10.5 Å². The molecule has 122 valence electrons. The van der Waals surface area contributed by atoms with E-state index in [2.05, 4.69) is 17.1 Å². The molecule has 7 heteroatoms. The molecule has 0 bridgehead atoms. The minimum absolute atomic E-state index is 0.208. The number of nitrogens with two attached hydrogens (primary N) is 1. The van der Waals surface area contributed by atoms with E-state index in [1.165, 1.54) is 11.8 Å². The van der Waals surface area contributed by atoms with Crippen molar-refractivity contribution in [2.45, 2.75) is 17.9 Å². The van der Waals surface area contributed by atoms with Crippen LogP contribution in [0.4, 0.5) is 0 Å². The number of nitriles is 2. The standard InChI is InChI=1S/C17H16N4O2S/c1-2-22-12-5-3-11(4-6-12)13-15(9-18)14(20)21-17(16(13,15)10-19)23-7-8-24-17/h3-6,13H,2,7-8H2,1H3,(H2,20,21)/t13-,15-,16+,17+/m1/s1. The minimum Gasteiger partial charge on any atom is -0.494 e. The van der Waals surface area contributed by atoms with Gasteiger partial charge in [0.15, 0.2) is 5.41 Å². The van der Waals surface area contributed by atoms with E-state index in [1.54, 1.807) is 0 Å². The van der Waals surface area contributed by atoms with Gasteiger partial charge in [0.05, 0.1) is 25.4 Å². The molecule has 1 aromatic carbocycles. The number of rotatable bonds is 3. The van der Waals surface area contributed by atoms with Gasteiger partial charge in [-0.25, -0.2) is 4.99 Å². The molecule has 1 spiro atoms. The Balaban J connectivity index is 1.82. The maximum atomic E-state index is 10.0. The fourth-order valence-electron chi connectivity index (χ4n) is 4.14. The number of aliphatic imine (C=N–C) groups is 1. The van der Waals surface area contributed by atoms with Crippen LogP contribution >= 0.6 is 11.8 Å². The lowest BCUT2D eigenvalue weighted by atomic mass is 9.95. The van der Waals surface area contributed by atoms with Crippen LogP contribution < -0.4 is 10.5 Å². The summed E-state index contributed by atoms with van der Waals surface area (Å²) in [7, 11) is 0. The molecule has 4 atom stereocenters. The van der Waals surface area contributed by atoms with Crippen molar-refractivity contribution in [1.29, 1.82) is 10.5 Å². The van der Waals surface area contributed by atoms with Gasteiger partial charge in [0, 0.05) is 11.7 Å². The number of hydrogen-bond acceptors (Lipinski definition) is 7. The molecule has 2 fully saturated rings. The van der Waals surface area contributed by atoms with Gasteiger partial charge in [0.2, 0.25) is 5.06 Å². The average molecular weight is 340 g/mol. The predicted octanol–water partition coefficient (Wildman–Crippen LogP) is 1.99. The Bertz CT molecular complexity index is 803. The molecule has 1 aromatic rings. The van der Waals surface area contributed by atoms with Gasteiger partial charge in [0.25, 0.3) is 0 Å². The third-order valence-electron chi connectivity index (χ3n) is 5.13. The molecule has 0 radical (unpaired) electrons. The van der Waals surface area contributed by atoms with E-state index < -0.39 is 15.9 Å². The van der Waals surface area contributed by atoms with E-state index in [1.807, 2.05) is 31.2 Å². The third-order valence-corrected chi connectivity index (χ3v) is 6.42. The van der Waals surface area contributed by atoms with Crippen LogP contribution in [0.3, 0.4) is 0 Å². The van der Waals surface area contributed by atoms with Gasteiger partial charge in [-0.15, -0.1) is 0 Å². The number of hydrogen-bond donors (Lipinski definition) is 1. The van der Waals surface area contributed by atoms with Gasteiger partial charge in [-0.2, -0.15) is 10.5 Å². The summed E-state index contributed by atoms with van der Waals surface area (Å²) in [6, 6.07) is 12.2. The second-order valence-electron chi connectivity index (χ2n) is 6.05. The molecule has 2 heterocycles. The lowest BCUT2D eigenvalue weighted by Gasteiger charge is -2.26. The van der Waals surface area contributed by atoms with Crippen molar-refractivity contribution in [1.82, 2.24) is 0 Å². The summed E-state index contributed by atoms with van der Waals surface area (Å²) in [5, 5.41) is 18.9. The summed E-state index contributed by atoms with van der Waals surface area (Å²) in [6.07, 6.45) is 0. The van der Waals surface area contributed by atoms with Crippen molar-refractivity contribution in [3.8, 4) is 17.9 Å². The Morgan fingerprint density at radius 1 is 1.38 bits per heavy atom. The van der Waals surface area contributed by atoms with Crippen molar-refractivity contribution in [3.05, 3.63) is 29.8 Å². The van der Waals surface area contributed by atoms with E-state index in [0.717, 1.165) is 17.1 Å². The largest absolute Gasteiger partial charge is 0.494 e. The van der Waals surface area contributed by atoms with Gasteiger partial charge < -0.3 is 15.2 Å². The molecule has 0 aromatic heterocycles. The lowest BCUT2D eigenvalue weighted by Crippen LogP contribution is -2.34. The quantitative estimate of drug-likeness (QED) is 0.902. The third kappa shape index (κ3) is 1.47. The first-order chi connectivity index (χ1) is 11.6. The Morgan fingerprint density at radius 2 is 2.12 bits per heavy atom. The maximum Gasteiger partial charge on any atom is 0.230 e. The van der Waals surface area contributed by atoms with E-state index >= 15 is 0 Å². The molecule has 4 rings (SSSR count). The monoisotopic (exact) mass is 340 g/mol. The first-order valence-electron chi connectivity index (χ1n) is 7.81. The highest BCUT2D eigenvalue weighted by atomic mass is 32.2. The average Bonchev–Trinajstić information content (AvgIpc) is 2.84. The Labute approximate surface area is 144 Å². The summed E-state index contributed by atoms with van der Waals surface area (Å²) >= 11 is 1.46. The first-order valence-corrected chi connectivity index (χ1v) is 8.79. The fourth-order valence-corrected chi connectivity index (χ4v) is 5.47. The van der Waals surface area contributed by atoms with E-state index in [4.69, 9.17) is 15.2 Å². The summed E-state index contributed by atoms with van der Waals surface area (Å²) in [4.78, 5) is 4.42. The number of benzene rings is 1. The lowest BCUT2D eigenvalue weighted by molar-refractivity contribution is 0.0200. The molecule has 6 nitrogen and oxygen atoms in total. The van der Waals surface area contributed by atoms with Crippen molar-refractivity contribution in [2.24, 2.45) is 21.6 Å². The topological polar surface area (TPSA) is 104 Å². The fraction of sp³-hybridized carbons (Fsp3) is 0.471. The Kier molecular flexibility index (Phi) is 3.12. The molecule has 1 aliphatic carbocycles. The van der Waals surface area contributed by atoms with Crippen LogP contribution in [0, 0.1) is 33.5 Å². The first kappa shape index (κ1) is 15.3. The van der Waals surface area contributed by atoms with Gasteiger partial charge in [-0.3, -0.25) is 0 Å². The molecule has 24 heavy (non-hydrogen) atoms. The summed E-state index contributed by atoms with van der Waals surface area (Å²) in [5.41, 5.74) is 4.83. The number of nitrogens with zero attached hydrogens (tertiary/aromatic N) is 3. The van der Waals surface area contributed by atoms with Crippen molar-refractivity contribution in [3.63, 3.8) is 0 Å². The SMILES string of the molecule is CCOc1ccc([C@H]2[C@@]3(C#N)[C@@]2(C#N)C(N)=N[C@]32OCCS2)cc1. The van der Waals surface area contributed by atoms with Gasteiger partial charge in [-0.1, -0.05) is 23.9 Å². The predicted molar refractivity (Wildman–Crippen MR) is 89.2 cm³/mol. The van der Waals surface area contributed by atoms with E-state index in [0.29, 0.717) is 13.2 Å². The van der Waals surface area contributed by atoms with Crippen LogP contribution in [0.2, 0.25) is 0 Å². The molecular formula is C17H16N4O2S. The van der Waals surface area contributed by atoms with Crippen LogP contribution in [0.15, 0.2) is 29.3 Å². The van der Waals surface area contributed by atoms with E-state index in [-0.39, 0.29) is 11.8 Å². The summed E-state index contributed by atoms with van der Waals surface area (Å²) in [5.74, 6) is 1.35. The van der Waals surface area contributed by atoms with Crippen molar-refractivity contribution >= 4 is 17.6 Å². The second-order valence-corrected chi connectivity index (χ2v) is 7.30. The molecule has 2 aliphatic heterocycles. The van der Waals surface area contributed by atoms with Crippen molar-refractivity contribution in [2.75, 3.05) is 19.0 Å². The van der Waals surface area contributed by atoms with Crippen LogP contribution in [0.25, 0.3) is 0 Å². The molecule has 0 amide bonds. The Morgan fingerprint density at radius 3 is 2.67 bits per heavy atom. The summed E-state index contributed by atoms with van der Waals surface area (Å²) in [6.45, 7) is 3.01. The number of thioether (sulfide) groups is 1. The zero-order valence-corrected chi connectivity index (χ0v) is 14.0. The molecule has 2 N–H and O–H groups in total. The Hall–Kier alpha value is -2.22. The highest BCUT2D eigenvalue weighted by molar-refractivity contribution is 8.00. The van der Waals surface area contributed by atoms with Crippen LogP contribution in [0.1, 0.15) is 18.4 Å². The molecule has 1 saturated carbocycles. The van der Waals surface area contributed by atoms with Crippen LogP contribution in [-0.2, 0) is 4.74 Å². The normalized spacial score (nSPS) is 39.0. The second kappa shape index (κ2) is 4.89. The smallest absolute Gasteiger partial charge is 0.230 e. The minimum atomic E-state index is -1.12. The maximum absolute atomic E-state index is 10.0. The number of amidine groups is 1. The van der Waals surface area contributed by atoms with Gasteiger partial charge in [-0.05, 0) is 24.6 Å². The number of ether oxygens (including phenoxy) is 2. The highest BCUT2D eigenvalue weighted by Crippen LogP contribution is 2.84. The van der Waals surface area contributed by atoms with Crippen LogP contribution in [-0.4, -0.2) is 29.9 Å². The highest BCUT2D eigenvalue weighted by Gasteiger charge is 2.93. The zero-order chi connectivity index (χ0) is 17.0. The van der Waals surface area contributed by atoms with Crippen molar-refractivity contribution < 1.29 is 9.47 Å². The number of fused-ring (bicyclic) bond motifs is 2. The summed E-state index contributed by atoms with van der Waals surface area (Å²) < 4.78 is 11.3.